The first-order valence-corrected chi connectivity index (χ1v) is 9.61. The summed E-state index contributed by atoms with van der Waals surface area (Å²) in [5.74, 6) is -1.05. The number of carboxylic acids is 1. The fourth-order valence-corrected chi connectivity index (χ4v) is 3.15. The molecule has 156 valence electrons. The van der Waals surface area contributed by atoms with Gasteiger partial charge >= 0.3 is 5.97 Å². The quantitative estimate of drug-likeness (QED) is 0.329. The molecule has 2 aromatic rings. The van der Waals surface area contributed by atoms with Gasteiger partial charge in [0.2, 0.25) is 0 Å². The van der Waals surface area contributed by atoms with Gasteiger partial charge in [-0.3, -0.25) is 0 Å². The summed E-state index contributed by atoms with van der Waals surface area (Å²) in [7, 11) is 0. The summed E-state index contributed by atoms with van der Waals surface area (Å²) in [6.45, 7) is 10.2. The summed E-state index contributed by atoms with van der Waals surface area (Å²) >= 11 is 0. The number of anilines is 1. The van der Waals surface area contributed by atoms with Gasteiger partial charge in [-0.25, -0.2) is 4.79 Å². The molecule has 2 aromatic carbocycles. The molecule has 29 heavy (non-hydrogen) atoms. The minimum atomic E-state index is -1.22. The van der Waals surface area contributed by atoms with Gasteiger partial charge in [0.15, 0.2) is 0 Å². The normalized spacial score (nSPS) is 11.6. The smallest absolute Gasteiger partial charge is 0.339 e. The molecule has 0 aliphatic heterocycles. The van der Waals surface area contributed by atoms with Crippen LogP contribution in [0, 0.1) is 0 Å². The Labute approximate surface area is 170 Å². The lowest BCUT2D eigenvalue weighted by molar-refractivity contribution is 0.0693. The maximum Gasteiger partial charge on any atom is 0.339 e. The standard InChI is InChI=1S/C22H28N2O5/c1-5-24(6-2)20-10-7-15(11-18(20)14(3)4)19(23-28)13-29-16-8-9-17(22(26)27)21(25)12-16/h7-12,14,25,28H,5-6,13H2,1-4H3,(H,26,27). The van der Waals surface area contributed by atoms with Gasteiger partial charge in [0.05, 0.1) is 0 Å². The van der Waals surface area contributed by atoms with E-state index < -0.39 is 5.97 Å². The summed E-state index contributed by atoms with van der Waals surface area (Å²) in [6.07, 6.45) is 0. The number of benzene rings is 2. The van der Waals surface area contributed by atoms with Crippen molar-refractivity contribution in [2.45, 2.75) is 33.6 Å². The van der Waals surface area contributed by atoms with Gasteiger partial charge < -0.3 is 25.1 Å². The van der Waals surface area contributed by atoms with E-state index in [2.05, 4.69) is 37.8 Å². The minimum absolute atomic E-state index is 0.0372. The van der Waals surface area contributed by atoms with Gasteiger partial charge in [-0.15, -0.1) is 0 Å². The Balaban J connectivity index is 2.25. The molecule has 0 aromatic heterocycles. The number of aromatic hydroxyl groups is 1. The highest BCUT2D eigenvalue weighted by Crippen LogP contribution is 2.29. The minimum Gasteiger partial charge on any atom is -0.507 e. The zero-order valence-corrected chi connectivity index (χ0v) is 17.2. The van der Waals surface area contributed by atoms with Crippen LogP contribution in [-0.2, 0) is 0 Å². The average Bonchev–Trinajstić information content (AvgIpc) is 2.69. The zero-order valence-electron chi connectivity index (χ0n) is 17.2. The Morgan fingerprint density at radius 2 is 1.83 bits per heavy atom. The zero-order chi connectivity index (χ0) is 21.6. The molecule has 0 aliphatic carbocycles. The van der Waals surface area contributed by atoms with Crippen LogP contribution in [0.4, 0.5) is 5.69 Å². The lowest BCUT2D eigenvalue weighted by Gasteiger charge is -2.26. The number of phenols is 1. The number of nitrogens with zero attached hydrogens (tertiary/aromatic N) is 2. The molecule has 0 saturated heterocycles. The van der Waals surface area contributed by atoms with E-state index in [0.717, 1.165) is 29.9 Å². The second-order valence-electron chi connectivity index (χ2n) is 6.92. The Kier molecular flexibility index (Phi) is 7.47. The van der Waals surface area contributed by atoms with Crippen molar-refractivity contribution in [3.05, 3.63) is 53.1 Å². The largest absolute Gasteiger partial charge is 0.507 e. The number of hydrogen-bond donors (Lipinski definition) is 3. The summed E-state index contributed by atoms with van der Waals surface area (Å²) in [5.41, 5.74) is 3.16. The highest BCUT2D eigenvalue weighted by Gasteiger charge is 2.16. The number of ether oxygens (including phenoxy) is 1. The van der Waals surface area contributed by atoms with E-state index >= 15 is 0 Å². The molecule has 0 spiro atoms. The number of rotatable bonds is 9. The maximum atomic E-state index is 11.0. The fraction of sp³-hybridized carbons (Fsp3) is 0.364. The lowest BCUT2D eigenvalue weighted by Crippen LogP contribution is -2.24. The van der Waals surface area contributed by atoms with Crippen LogP contribution >= 0.6 is 0 Å². The summed E-state index contributed by atoms with van der Waals surface area (Å²) < 4.78 is 5.60. The Morgan fingerprint density at radius 1 is 1.14 bits per heavy atom. The van der Waals surface area contributed by atoms with E-state index in [1.807, 2.05) is 18.2 Å². The Morgan fingerprint density at radius 3 is 2.34 bits per heavy atom. The second-order valence-corrected chi connectivity index (χ2v) is 6.92. The van der Waals surface area contributed by atoms with Crippen molar-refractivity contribution >= 4 is 17.4 Å². The van der Waals surface area contributed by atoms with Gasteiger partial charge in [0, 0.05) is 30.4 Å². The van der Waals surface area contributed by atoms with Gasteiger partial charge in [0.25, 0.3) is 0 Å². The summed E-state index contributed by atoms with van der Waals surface area (Å²) in [4.78, 5) is 13.3. The molecule has 0 amide bonds. The number of aromatic carboxylic acids is 1. The third kappa shape index (κ3) is 5.19. The van der Waals surface area contributed by atoms with E-state index in [9.17, 15) is 15.1 Å². The van der Waals surface area contributed by atoms with Crippen LogP contribution in [0.5, 0.6) is 11.5 Å². The monoisotopic (exact) mass is 400 g/mol. The van der Waals surface area contributed by atoms with Crippen LogP contribution in [0.3, 0.4) is 0 Å². The van der Waals surface area contributed by atoms with E-state index in [0.29, 0.717) is 5.71 Å². The predicted octanol–water partition coefficient (Wildman–Crippen LogP) is 4.32. The molecule has 0 bridgehead atoms. The maximum absolute atomic E-state index is 11.0. The predicted molar refractivity (Wildman–Crippen MR) is 113 cm³/mol. The molecule has 0 radical (unpaired) electrons. The first kappa shape index (κ1) is 22.1. The van der Waals surface area contributed by atoms with E-state index in [-0.39, 0.29) is 29.6 Å². The van der Waals surface area contributed by atoms with Crippen LogP contribution in [0.25, 0.3) is 0 Å². The molecule has 0 unspecified atom stereocenters. The molecule has 0 saturated carbocycles. The van der Waals surface area contributed by atoms with Gasteiger partial charge in [-0.1, -0.05) is 25.1 Å². The van der Waals surface area contributed by atoms with Crippen LogP contribution in [0.1, 0.15) is 55.1 Å². The molecule has 3 N–H and O–H groups in total. The number of carbonyl (C=O) groups is 1. The van der Waals surface area contributed by atoms with Crippen LogP contribution in [-0.4, -0.2) is 46.8 Å². The molecule has 7 heteroatoms. The lowest BCUT2D eigenvalue weighted by atomic mass is 9.96. The Bertz CT molecular complexity index is 889. The number of hydrogen-bond acceptors (Lipinski definition) is 6. The first-order chi connectivity index (χ1) is 13.8. The second kappa shape index (κ2) is 9.82. The van der Waals surface area contributed by atoms with Crippen LogP contribution in [0.15, 0.2) is 41.6 Å². The van der Waals surface area contributed by atoms with Gasteiger partial charge in [0.1, 0.15) is 29.4 Å². The van der Waals surface area contributed by atoms with Gasteiger partial charge in [-0.2, -0.15) is 0 Å². The third-order valence-electron chi connectivity index (χ3n) is 4.78. The highest BCUT2D eigenvalue weighted by molar-refractivity contribution is 6.02. The number of oxime groups is 1. The van der Waals surface area contributed by atoms with Crippen LogP contribution in [0.2, 0.25) is 0 Å². The molecule has 0 atom stereocenters. The van der Waals surface area contributed by atoms with Crippen molar-refractivity contribution < 1.29 is 25.0 Å². The molecule has 0 aliphatic rings. The molecule has 0 heterocycles. The van der Waals surface area contributed by atoms with Crippen molar-refractivity contribution in [3.8, 4) is 11.5 Å². The Hall–Kier alpha value is -3.22. The van der Waals surface area contributed by atoms with Crippen molar-refractivity contribution in [2.24, 2.45) is 5.16 Å². The molecule has 7 nitrogen and oxygen atoms in total. The van der Waals surface area contributed by atoms with Crippen molar-refractivity contribution in [2.75, 3.05) is 24.6 Å². The highest BCUT2D eigenvalue weighted by atomic mass is 16.5. The fourth-order valence-electron chi connectivity index (χ4n) is 3.15. The van der Waals surface area contributed by atoms with Crippen molar-refractivity contribution in [1.29, 1.82) is 0 Å². The molecule has 0 fully saturated rings. The van der Waals surface area contributed by atoms with Gasteiger partial charge in [-0.05, 0) is 49.6 Å². The van der Waals surface area contributed by atoms with E-state index in [1.54, 1.807) is 0 Å². The average molecular weight is 400 g/mol. The van der Waals surface area contributed by atoms with Crippen molar-refractivity contribution in [3.63, 3.8) is 0 Å². The van der Waals surface area contributed by atoms with Crippen molar-refractivity contribution in [1.82, 2.24) is 0 Å². The van der Waals surface area contributed by atoms with E-state index in [1.165, 1.54) is 18.2 Å². The third-order valence-corrected chi connectivity index (χ3v) is 4.78. The molecular formula is C22H28N2O5. The first-order valence-electron chi connectivity index (χ1n) is 9.61. The van der Waals surface area contributed by atoms with Crippen LogP contribution < -0.4 is 9.64 Å². The number of carboxylic acid groups (broad SMARTS) is 1. The molecular weight excluding hydrogens is 372 g/mol. The molecule has 2 rings (SSSR count). The summed E-state index contributed by atoms with van der Waals surface area (Å²) in [5, 5.41) is 31.6. The summed E-state index contributed by atoms with van der Waals surface area (Å²) in [6, 6.07) is 9.85. The van der Waals surface area contributed by atoms with E-state index in [4.69, 9.17) is 9.84 Å². The SMILES string of the molecule is CCN(CC)c1ccc(C(COc2ccc(C(=O)O)c(O)c2)=NO)cc1C(C)C. The topological polar surface area (TPSA) is 103 Å².